The van der Waals surface area contributed by atoms with Gasteiger partial charge < -0.3 is 21.9 Å². The number of rotatable bonds is 2. The summed E-state index contributed by atoms with van der Waals surface area (Å²) in [6.07, 6.45) is 4.65. The molecule has 1 aliphatic heterocycles. The van der Waals surface area contributed by atoms with Crippen molar-refractivity contribution in [1.29, 1.82) is 0 Å². The number of nitrogens with two attached hydrogens (primary N) is 3. The van der Waals surface area contributed by atoms with Gasteiger partial charge in [-0.05, 0) is 55.5 Å². The van der Waals surface area contributed by atoms with Crippen LogP contribution in [0.5, 0.6) is 5.75 Å². The first-order valence-electron chi connectivity index (χ1n) is 9.98. The first kappa shape index (κ1) is 22.0. The number of nitrogen functional groups attached to an aromatic ring is 1. The van der Waals surface area contributed by atoms with E-state index in [2.05, 4.69) is 15.0 Å². The second kappa shape index (κ2) is 9.42. The van der Waals surface area contributed by atoms with Crippen LogP contribution in [-0.2, 0) is 0 Å². The summed E-state index contributed by atoms with van der Waals surface area (Å²) in [6.45, 7) is 4.29. The highest BCUT2D eigenvalue weighted by atomic mass is 19.1. The summed E-state index contributed by atoms with van der Waals surface area (Å²) in [5.74, 6) is 0.209. The minimum atomic E-state index is -0.543. The molecule has 1 aromatic carbocycles. The Kier molecular flexibility index (Phi) is 6.69. The second-order valence-corrected chi connectivity index (χ2v) is 7.12. The molecule has 7 nitrogen and oxygen atoms in total. The molecule has 1 aromatic heterocycles. The lowest BCUT2D eigenvalue weighted by atomic mass is 9.92. The average Bonchev–Trinajstić information content (AvgIpc) is 2.76. The molecule has 0 unspecified atom stereocenters. The monoisotopic (exact) mass is 422 g/mol. The molecular weight excluding hydrogens is 395 g/mol. The Morgan fingerprint density at radius 3 is 2.74 bits per heavy atom. The maximum absolute atomic E-state index is 14.1. The third kappa shape index (κ3) is 4.58. The van der Waals surface area contributed by atoms with Crippen LogP contribution >= 0.6 is 0 Å². The Labute approximate surface area is 181 Å². The highest BCUT2D eigenvalue weighted by molar-refractivity contribution is 6.13. The van der Waals surface area contributed by atoms with Crippen molar-refractivity contribution in [3.8, 4) is 5.75 Å². The van der Waals surface area contributed by atoms with Gasteiger partial charge in [-0.25, -0.2) is 9.37 Å². The van der Waals surface area contributed by atoms with Gasteiger partial charge in [-0.3, -0.25) is 9.98 Å². The molecule has 0 spiro atoms. The molecule has 0 radical (unpaired) electrons. The van der Waals surface area contributed by atoms with Gasteiger partial charge in [0.05, 0.1) is 5.71 Å². The SMILES string of the molecule is CCN=C1C(=CN)CC(C=NC)=C(N)c2ccc(F)cc2[C@@H](C)Oc2cc1cnc2N. The summed E-state index contributed by atoms with van der Waals surface area (Å²) in [7, 11) is 1.66. The van der Waals surface area contributed by atoms with Gasteiger partial charge in [0.1, 0.15) is 11.9 Å². The number of nitrogens with zero attached hydrogens (tertiary/aromatic N) is 3. The summed E-state index contributed by atoms with van der Waals surface area (Å²) in [6, 6.07) is 6.19. The number of ether oxygens (including phenoxy) is 1. The fraction of sp³-hybridized carbons (Fsp3) is 0.261. The molecule has 1 aliphatic rings. The number of fused-ring (bicyclic) bond motifs is 3. The van der Waals surface area contributed by atoms with E-state index in [1.165, 1.54) is 18.3 Å². The van der Waals surface area contributed by atoms with Gasteiger partial charge in [0.2, 0.25) is 0 Å². The maximum atomic E-state index is 14.1. The summed E-state index contributed by atoms with van der Waals surface area (Å²) in [5.41, 5.74) is 23.2. The van der Waals surface area contributed by atoms with E-state index >= 15 is 0 Å². The van der Waals surface area contributed by atoms with E-state index in [-0.39, 0.29) is 11.6 Å². The quantitative estimate of drug-likeness (QED) is 0.640. The number of hydrogen-bond donors (Lipinski definition) is 3. The molecule has 0 aliphatic carbocycles. The summed E-state index contributed by atoms with van der Waals surface area (Å²) < 4.78 is 20.2. The Balaban J connectivity index is 2.34. The van der Waals surface area contributed by atoms with Crippen molar-refractivity contribution in [2.45, 2.75) is 26.4 Å². The van der Waals surface area contributed by atoms with E-state index in [1.54, 1.807) is 31.6 Å². The molecule has 0 saturated heterocycles. The van der Waals surface area contributed by atoms with E-state index in [0.29, 0.717) is 46.8 Å². The minimum absolute atomic E-state index is 0.224. The lowest BCUT2D eigenvalue weighted by Gasteiger charge is -2.23. The van der Waals surface area contributed by atoms with Gasteiger partial charge in [0, 0.05) is 54.8 Å². The van der Waals surface area contributed by atoms with Crippen LogP contribution < -0.4 is 21.9 Å². The van der Waals surface area contributed by atoms with E-state index < -0.39 is 6.10 Å². The molecule has 2 heterocycles. The summed E-state index contributed by atoms with van der Waals surface area (Å²) in [5, 5.41) is 0. The summed E-state index contributed by atoms with van der Waals surface area (Å²) in [4.78, 5) is 13.1. The molecular formula is C23H27FN6O. The van der Waals surface area contributed by atoms with E-state index in [0.717, 1.165) is 11.1 Å². The Morgan fingerprint density at radius 2 is 2.06 bits per heavy atom. The van der Waals surface area contributed by atoms with Gasteiger partial charge in [-0.2, -0.15) is 0 Å². The zero-order chi connectivity index (χ0) is 22.5. The number of hydrogen-bond acceptors (Lipinski definition) is 7. The lowest BCUT2D eigenvalue weighted by molar-refractivity contribution is 0.226. The van der Waals surface area contributed by atoms with Crippen LogP contribution in [0.25, 0.3) is 5.70 Å². The molecule has 1 atom stereocenters. The number of halogens is 1. The van der Waals surface area contributed by atoms with E-state index in [4.69, 9.17) is 21.9 Å². The smallest absolute Gasteiger partial charge is 0.166 e. The van der Waals surface area contributed by atoms with Crippen molar-refractivity contribution in [2.24, 2.45) is 21.5 Å². The van der Waals surface area contributed by atoms with Crippen LogP contribution in [0.2, 0.25) is 0 Å². The number of aliphatic imine (C=N–C) groups is 2. The second-order valence-electron chi connectivity index (χ2n) is 7.12. The number of allylic oxidation sites excluding steroid dienone is 2. The minimum Gasteiger partial charge on any atom is -0.482 e. The maximum Gasteiger partial charge on any atom is 0.166 e. The van der Waals surface area contributed by atoms with Crippen molar-refractivity contribution >= 4 is 23.4 Å². The average molecular weight is 423 g/mol. The first-order valence-corrected chi connectivity index (χ1v) is 9.98. The largest absolute Gasteiger partial charge is 0.482 e. The fourth-order valence-corrected chi connectivity index (χ4v) is 3.55. The Hall–Kier alpha value is -3.68. The molecule has 8 heteroatoms. The number of aromatic nitrogens is 1. The predicted octanol–water partition coefficient (Wildman–Crippen LogP) is 3.37. The van der Waals surface area contributed by atoms with Crippen LogP contribution in [0.3, 0.4) is 0 Å². The molecule has 2 aromatic rings. The molecule has 3 rings (SSSR count). The number of pyridine rings is 1. The van der Waals surface area contributed by atoms with Gasteiger partial charge in [0.25, 0.3) is 0 Å². The highest BCUT2D eigenvalue weighted by Crippen LogP contribution is 2.33. The molecule has 6 N–H and O–H groups in total. The van der Waals surface area contributed by atoms with Crippen molar-refractivity contribution < 1.29 is 9.13 Å². The van der Waals surface area contributed by atoms with Crippen molar-refractivity contribution in [3.05, 3.63) is 70.3 Å². The topological polar surface area (TPSA) is 125 Å². The summed E-state index contributed by atoms with van der Waals surface area (Å²) >= 11 is 0. The Bertz CT molecular complexity index is 1100. The highest BCUT2D eigenvalue weighted by Gasteiger charge is 2.22. The van der Waals surface area contributed by atoms with Gasteiger partial charge in [-0.1, -0.05) is 0 Å². The zero-order valence-electron chi connectivity index (χ0n) is 17.9. The third-order valence-electron chi connectivity index (χ3n) is 5.03. The zero-order valence-corrected chi connectivity index (χ0v) is 17.9. The lowest BCUT2D eigenvalue weighted by Crippen LogP contribution is -2.16. The van der Waals surface area contributed by atoms with Gasteiger partial charge in [-0.15, -0.1) is 0 Å². The van der Waals surface area contributed by atoms with Crippen LogP contribution in [0.15, 0.2) is 57.8 Å². The van der Waals surface area contributed by atoms with Gasteiger partial charge >= 0.3 is 0 Å². The molecule has 0 saturated carbocycles. The van der Waals surface area contributed by atoms with Crippen molar-refractivity contribution in [2.75, 3.05) is 19.3 Å². The molecule has 162 valence electrons. The first-order chi connectivity index (χ1) is 14.9. The van der Waals surface area contributed by atoms with Crippen LogP contribution in [0.1, 0.15) is 43.1 Å². The molecule has 0 amide bonds. The van der Waals surface area contributed by atoms with Crippen LogP contribution in [0, 0.1) is 5.82 Å². The van der Waals surface area contributed by atoms with Crippen LogP contribution in [0.4, 0.5) is 10.2 Å². The van der Waals surface area contributed by atoms with E-state index in [1.807, 2.05) is 13.8 Å². The Morgan fingerprint density at radius 1 is 1.29 bits per heavy atom. The van der Waals surface area contributed by atoms with Crippen LogP contribution in [-0.4, -0.2) is 30.5 Å². The third-order valence-corrected chi connectivity index (χ3v) is 5.03. The normalized spacial score (nSPS) is 19.8. The molecule has 0 fully saturated rings. The fourth-order valence-electron chi connectivity index (χ4n) is 3.55. The van der Waals surface area contributed by atoms with Gasteiger partial charge in [0.15, 0.2) is 11.6 Å². The molecule has 2 bridgehead atoms. The number of anilines is 1. The van der Waals surface area contributed by atoms with Crippen molar-refractivity contribution in [1.82, 2.24) is 4.98 Å². The van der Waals surface area contributed by atoms with Crippen molar-refractivity contribution in [3.63, 3.8) is 0 Å². The molecule has 31 heavy (non-hydrogen) atoms. The predicted molar refractivity (Wildman–Crippen MR) is 124 cm³/mol. The number of benzene rings is 1. The van der Waals surface area contributed by atoms with E-state index in [9.17, 15) is 4.39 Å². The standard InChI is InChI=1S/C23H27FN6O/c1-4-29-22-14(10-25)7-15(11-28-3)21(26)18-6-5-17(24)9-19(18)13(2)31-20-8-16(22)12-30-23(20)27/h5-6,8-13H,4,7,25-26H2,1-3H3,(H2,27,30)/t13-/m1/s1.